The predicted octanol–water partition coefficient (Wildman–Crippen LogP) is 2.76. The summed E-state index contributed by atoms with van der Waals surface area (Å²) in [6.07, 6.45) is -4.36. The van der Waals surface area contributed by atoms with Gasteiger partial charge in [-0.2, -0.15) is 13.2 Å². The van der Waals surface area contributed by atoms with Gasteiger partial charge < -0.3 is 5.32 Å². The maximum atomic E-state index is 12.4. The maximum absolute atomic E-state index is 12.4. The molecule has 0 bridgehead atoms. The molecule has 0 saturated carbocycles. The van der Waals surface area contributed by atoms with E-state index < -0.39 is 17.7 Å². The number of fused-ring (bicyclic) bond motifs is 1. The second-order valence-electron chi connectivity index (χ2n) is 3.51. The number of anilines is 1. The van der Waals surface area contributed by atoms with Gasteiger partial charge >= 0.3 is 6.18 Å². The Kier molecular flexibility index (Phi) is 1.99. The third-order valence-electron chi connectivity index (χ3n) is 2.50. The molecule has 0 radical (unpaired) electrons. The van der Waals surface area contributed by atoms with Crippen molar-refractivity contribution in [2.75, 3.05) is 5.32 Å². The smallest absolute Gasteiger partial charge is 0.325 e. The Hall–Kier alpha value is -1.52. The molecular weight excluding hydrogens is 207 g/mol. The fourth-order valence-corrected chi connectivity index (χ4v) is 1.59. The predicted molar refractivity (Wildman–Crippen MR) is 48.5 cm³/mol. The van der Waals surface area contributed by atoms with Gasteiger partial charge in [-0.05, 0) is 30.7 Å². The fraction of sp³-hybridized carbons (Fsp3) is 0.300. The van der Waals surface area contributed by atoms with Crippen LogP contribution < -0.4 is 5.32 Å². The van der Waals surface area contributed by atoms with Gasteiger partial charge in [0.1, 0.15) is 0 Å². The van der Waals surface area contributed by atoms with E-state index in [1.165, 1.54) is 6.07 Å². The van der Waals surface area contributed by atoms with Gasteiger partial charge in [0.15, 0.2) is 0 Å². The molecule has 0 aromatic heterocycles. The fourth-order valence-electron chi connectivity index (χ4n) is 1.59. The van der Waals surface area contributed by atoms with Crippen LogP contribution in [0.4, 0.5) is 18.9 Å². The zero-order valence-corrected chi connectivity index (χ0v) is 7.85. The average Bonchev–Trinajstić information content (AvgIpc) is 2.41. The van der Waals surface area contributed by atoms with Crippen molar-refractivity contribution in [3.05, 3.63) is 29.3 Å². The summed E-state index contributed by atoms with van der Waals surface area (Å²) in [4.78, 5) is 11.2. The molecule has 1 amide bonds. The van der Waals surface area contributed by atoms with Crippen LogP contribution in [0, 0.1) is 0 Å². The highest BCUT2D eigenvalue weighted by atomic mass is 19.4. The highest BCUT2D eigenvalue weighted by Gasteiger charge is 2.34. The topological polar surface area (TPSA) is 29.1 Å². The maximum Gasteiger partial charge on any atom is 0.416 e. The number of carbonyl (C=O) groups is 1. The number of nitrogens with one attached hydrogen (secondary N) is 1. The highest BCUT2D eigenvalue weighted by molar-refractivity contribution is 6.02. The van der Waals surface area contributed by atoms with Gasteiger partial charge in [-0.3, -0.25) is 4.79 Å². The molecule has 1 heterocycles. The van der Waals surface area contributed by atoms with Crippen LogP contribution in [0.15, 0.2) is 18.2 Å². The van der Waals surface area contributed by atoms with Crippen molar-refractivity contribution in [2.45, 2.75) is 19.0 Å². The van der Waals surface area contributed by atoms with Gasteiger partial charge in [0.05, 0.1) is 11.5 Å². The summed E-state index contributed by atoms with van der Waals surface area (Å²) in [6.45, 7) is 1.58. The van der Waals surface area contributed by atoms with E-state index in [0.717, 1.165) is 12.1 Å². The molecule has 80 valence electrons. The summed E-state index contributed by atoms with van der Waals surface area (Å²) in [7, 11) is 0. The van der Waals surface area contributed by atoms with Crippen LogP contribution in [0.5, 0.6) is 0 Å². The van der Waals surface area contributed by atoms with Crippen molar-refractivity contribution in [2.24, 2.45) is 0 Å². The normalized spacial score (nSPS) is 20.0. The SMILES string of the molecule is CC1C(=O)Nc2ccc(C(F)(F)F)cc21. The number of alkyl halides is 3. The van der Waals surface area contributed by atoms with E-state index >= 15 is 0 Å². The van der Waals surface area contributed by atoms with Crippen LogP contribution in [0.3, 0.4) is 0 Å². The molecule has 0 aliphatic carbocycles. The first-order chi connectivity index (χ1) is 6.89. The summed E-state index contributed by atoms with van der Waals surface area (Å²) in [5.74, 6) is -0.772. The number of amides is 1. The first kappa shape index (κ1) is 10.0. The molecule has 1 atom stereocenters. The Morgan fingerprint density at radius 3 is 2.60 bits per heavy atom. The molecule has 1 unspecified atom stereocenters. The van der Waals surface area contributed by atoms with Gasteiger partial charge in [-0.15, -0.1) is 0 Å². The molecule has 0 saturated heterocycles. The lowest BCUT2D eigenvalue weighted by Gasteiger charge is -2.08. The standard InChI is InChI=1S/C10H8F3NO/c1-5-7-4-6(10(11,12)13)2-3-8(7)14-9(5)15/h2-5H,1H3,(H,14,15). The van der Waals surface area contributed by atoms with Gasteiger partial charge in [-0.1, -0.05) is 0 Å². The molecule has 0 spiro atoms. The Bertz CT molecular complexity index is 425. The first-order valence-corrected chi connectivity index (χ1v) is 4.41. The second-order valence-corrected chi connectivity index (χ2v) is 3.51. The van der Waals surface area contributed by atoms with E-state index in [2.05, 4.69) is 5.32 Å². The number of hydrogen-bond acceptors (Lipinski definition) is 1. The third kappa shape index (κ3) is 1.58. The number of hydrogen-bond donors (Lipinski definition) is 1. The average molecular weight is 215 g/mol. The Balaban J connectivity index is 2.49. The van der Waals surface area contributed by atoms with Crippen LogP contribution in [-0.4, -0.2) is 5.91 Å². The van der Waals surface area contributed by atoms with Crippen molar-refractivity contribution in [3.63, 3.8) is 0 Å². The minimum Gasteiger partial charge on any atom is -0.325 e. The van der Waals surface area contributed by atoms with Crippen molar-refractivity contribution in [1.82, 2.24) is 0 Å². The van der Waals surface area contributed by atoms with Crippen molar-refractivity contribution < 1.29 is 18.0 Å². The van der Waals surface area contributed by atoms with Gasteiger partial charge in [-0.25, -0.2) is 0 Å². The number of halogens is 3. The van der Waals surface area contributed by atoms with E-state index in [4.69, 9.17) is 0 Å². The summed E-state index contributed by atoms with van der Waals surface area (Å²) >= 11 is 0. The van der Waals surface area contributed by atoms with E-state index in [1.54, 1.807) is 6.92 Å². The molecule has 2 nitrogen and oxygen atoms in total. The van der Waals surface area contributed by atoms with Crippen molar-refractivity contribution >= 4 is 11.6 Å². The number of benzene rings is 1. The van der Waals surface area contributed by atoms with Crippen LogP contribution in [0.2, 0.25) is 0 Å². The van der Waals surface area contributed by atoms with Gasteiger partial charge in [0.2, 0.25) is 5.91 Å². The van der Waals surface area contributed by atoms with Gasteiger partial charge in [0.25, 0.3) is 0 Å². The molecule has 1 aliphatic heterocycles. The zero-order valence-electron chi connectivity index (χ0n) is 7.85. The lowest BCUT2D eigenvalue weighted by atomic mass is 10.0. The van der Waals surface area contributed by atoms with E-state index in [-0.39, 0.29) is 5.91 Å². The summed E-state index contributed by atoms with van der Waals surface area (Å²) in [5.41, 5.74) is 0.167. The summed E-state index contributed by atoms with van der Waals surface area (Å²) in [5, 5.41) is 2.52. The molecule has 1 N–H and O–H groups in total. The Morgan fingerprint density at radius 2 is 2.00 bits per heavy atom. The molecule has 15 heavy (non-hydrogen) atoms. The largest absolute Gasteiger partial charge is 0.416 e. The quantitative estimate of drug-likeness (QED) is 0.708. The first-order valence-electron chi connectivity index (χ1n) is 4.41. The van der Waals surface area contributed by atoms with Crippen LogP contribution in [0.25, 0.3) is 0 Å². The van der Waals surface area contributed by atoms with Crippen LogP contribution in [-0.2, 0) is 11.0 Å². The third-order valence-corrected chi connectivity index (χ3v) is 2.50. The van der Waals surface area contributed by atoms with Crippen molar-refractivity contribution in [1.29, 1.82) is 0 Å². The minimum atomic E-state index is -4.36. The molecule has 0 fully saturated rings. The summed E-state index contributed by atoms with van der Waals surface area (Å²) in [6, 6.07) is 3.29. The number of rotatable bonds is 0. The second kappa shape index (κ2) is 2.98. The lowest BCUT2D eigenvalue weighted by Crippen LogP contribution is -2.08. The van der Waals surface area contributed by atoms with E-state index in [1.807, 2.05) is 0 Å². The number of carbonyl (C=O) groups excluding carboxylic acids is 1. The van der Waals surface area contributed by atoms with E-state index in [9.17, 15) is 18.0 Å². The van der Waals surface area contributed by atoms with Crippen LogP contribution >= 0.6 is 0 Å². The summed E-state index contributed by atoms with van der Waals surface area (Å²) < 4.78 is 37.1. The van der Waals surface area contributed by atoms with E-state index in [0.29, 0.717) is 11.3 Å². The molecule has 1 aliphatic rings. The van der Waals surface area contributed by atoms with Crippen LogP contribution in [0.1, 0.15) is 24.0 Å². The Morgan fingerprint density at radius 1 is 1.33 bits per heavy atom. The zero-order chi connectivity index (χ0) is 11.2. The molecule has 1 aromatic rings. The Labute approximate surface area is 84.1 Å². The molecular formula is C10H8F3NO. The highest BCUT2D eigenvalue weighted by Crippen LogP contribution is 2.37. The van der Waals surface area contributed by atoms with Crippen molar-refractivity contribution in [3.8, 4) is 0 Å². The minimum absolute atomic E-state index is 0.260. The molecule has 2 rings (SSSR count). The van der Waals surface area contributed by atoms with Gasteiger partial charge in [0, 0.05) is 5.69 Å². The molecule has 1 aromatic carbocycles. The molecule has 5 heteroatoms. The monoisotopic (exact) mass is 215 g/mol. The lowest BCUT2D eigenvalue weighted by molar-refractivity contribution is -0.137.